The highest BCUT2D eigenvalue weighted by Crippen LogP contribution is 2.35. The molecule has 1 aromatic rings. The van der Waals surface area contributed by atoms with Gasteiger partial charge < -0.3 is 9.47 Å². The normalized spacial score (nSPS) is 16.8. The van der Waals surface area contributed by atoms with Gasteiger partial charge in [0.2, 0.25) is 11.6 Å². The number of hydrogen-bond acceptors (Lipinski definition) is 4. The number of ether oxygens (including phenoxy) is 2. The zero-order valence-electron chi connectivity index (χ0n) is 26.1. The second-order valence-electron chi connectivity index (χ2n) is 12.0. The van der Waals surface area contributed by atoms with Gasteiger partial charge in [0.1, 0.15) is 19.7 Å². The van der Waals surface area contributed by atoms with E-state index in [1.807, 2.05) is 35.9 Å². The van der Waals surface area contributed by atoms with E-state index in [0.29, 0.717) is 19.8 Å². The molecule has 1 aromatic heterocycles. The lowest BCUT2D eigenvalue weighted by Gasteiger charge is -2.28. The van der Waals surface area contributed by atoms with Gasteiger partial charge in [-0.25, -0.2) is 14.3 Å². The van der Waals surface area contributed by atoms with Crippen LogP contribution in [0, 0.1) is 5.41 Å². The van der Waals surface area contributed by atoms with Crippen LogP contribution in [-0.2, 0) is 27.4 Å². The predicted octanol–water partition coefficient (Wildman–Crippen LogP) is 8.54. The van der Waals surface area contributed by atoms with Crippen LogP contribution in [0.4, 0.5) is 4.79 Å². The molecule has 0 saturated carbocycles. The first-order valence-corrected chi connectivity index (χ1v) is 16.5. The van der Waals surface area contributed by atoms with Gasteiger partial charge in [-0.15, -0.1) is 0 Å². The summed E-state index contributed by atoms with van der Waals surface area (Å²) in [5.41, 5.74) is 0.786. The van der Waals surface area contributed by atoms with Gasteiger partial charge in [-0.2, -0.15) is 0 Å². The van der Waals surface area contributed by atoms with E-state index < -0.39 is 6.09 Å². The van der Waals surface area contributed by atoms with E-state index in [4.69, 9.17) is 9.47 Å². The topological polar surface area (TPSA) is 59.7 Å². The molecule has 1 aliphatic rings. The van der Waals surface area contributed by atoms with Crippen molar-refractivity contribution in [2.75, 3.05) is 19.8 Å². The summed E-state index contributed by atoms with van der Waals surface area (Å²) in [6, 6.07) is 5.82. The average molecular weight is 560 g/mol. The first-order valence-electron chi connectivity index (χ1n) is 16.5. The van der Waals surface area contributed by atoms with E-state index in [1.165, 1.54) is 108 Å². The number of nitrogens with zero attached hydrogens (tertiary/aromatic N) is 2. The monoisotopic (exact) mass is 559 g/mol. The lowest BCUT2D eigenvalue weighted by atomic mass is 9.82. The molecule has 0 bridgehead atoms. The molecule has 1 unspecified atom stereocenters. The second kappa shape index (κ2) is 20.9. The highest BCUT2D eigenvalue weighted by atomic mass is 16.6. The molecule has 0 aliphatic carbocycles. The van der Waals surface area contributed by atoms with Crippen molar-refractivity contribution in [3.63, 3.8) is 0 Å². The number of amides is 2. The Morgan fingerprint density at radius 1 is 0.875 bits per heavy atom. The van der Waals surface area contributed by atoms with Crippen molar-refractivity contribution < 1.29 is 23.6 Å². The Balaban J connectivity index is 1.59. The summed E-state index contributed by atoms with van der Waals surface area (Å²) in [6.07, 6.45) is 25.1. The molecule has 40 heavy (non-hydrogen) atoms. The van der Waals surface area contributed by atoms with Crippen LogP contribution in [0.1, 0.15) is 142 Å². The molecule has 1 saturated heterocycles. The van der Waals surface area contributed by atoms with Crippen LogP contribution in [0.15, 0.2) is 24.4 Å². The number of hydrogen-bond donors (Lipinski definition) is 0. The minimum absolute atomic E-state index is 0.121. The van der Waals surface area contributed by atoms with Crippen LogP contribution in [0.3, 0.4) is 0 Å². The van der Waals surface area contributed by atoms with Crippen molar-refractivity contribution in [2.45, 2.75) is 149 Å². The van der Waals surface area contributed by atoms with Crippen molar-refractivity contribution in [1.82, 2.24) is 4.90 Å². The number of carbonyl (C=O) groups excluding carboxylic acids is 2. The maximum atomic E-state index is 12.9. The smallest absolute Gasteiger partial charge is 0.417 e. The van der Waals surface area contributed by atoms with Gasteiger partial charge in [0, 0.05) is 31.1 Å². The van der Waals surface area contributed by atoms with Crippen molar-refractivity contribution in [3.8, 4) is 0 Å². The SMILES string of the molecule is CCCCCCCCCCCCCCCCCCC1(COC(=O)N(Cc2cccc[n+]2CC)C(C)=O)CCOC1. The number of imide groups is 1. The number of carbonyl (C=O) groups is 2. The first-order chi connectivity index (χ1) is 19.5. The van der Waals surface area contributed by atoms with E-state index in [1.54, 1.807) is 0 Å². The van der Waals surface area contributed by atoms with E-state index in [0.717, 1.165) is 31.5 Å². The van der Waals surface area contributed by atoms with Crippen LogP contribution in [0.2, 0.25) is 0 Å². The molecule has 1 aliphatic heterocycles. The molecule has 6 heteroatoms. The Kier molecular flexibility index (Phi) is 17.9. The fourth-order valence-electron chi connectivity index (χ4n) is 5.80. The molecule has 0 spiro atoms. The van der Waals surface area contributed by atoms with Gasteiger partial charge in [0.05, 0.1) is 6.61 Å². The lowest BCUT2D eigenvalue weighted by Crippen LogP contribution is -2.44. The molecule has 0 aromatic carbocycles. The minimum atomic E-state index is -0.558. The second-order valence-corrected chi connectivity index (χ2v) is 12.0. The largest absolute Gasteiger partial charge is 0.448 e. The summed E-state index contributed by atoms with van der Waals surface area (Å²) in [7, 11) is 0. The Bertz CT molecular complexity index is 822. The molecule has 1 atom stereocenters. The fourth-order valence-corrected chi connectivity index (χ4v) is 5.80. The van der Waals surface area contributed by atoms with Crippen molar-refractivity contribution >= 4 is 12.0 Å². The highest BCUT2D eigenvalue weighted by Gasteiger charge is 2.37. The Hall–Kier alpha value is -1.95. The third-order valence-electron chi connectivity index (χ3n) is 8.54. The average Bonchev–Trinajstić information content (AvgIpc) is 3.43. The standard InChI is InChI=1S/C34H59N2O4/c1-4-6-7-8-9-10-11-12-13-14-15-16-17-18-19-21-24-34(25-27-39-29-34)30-40-33(38)36(31(3)37)28-32-23-20-22-26-35(32)5-2/h20,22-23,26H,4-19,21,24-25,27-30H2,1-3H3/q+1. The summed E-state index contributed by atoms with van der Waals surface area (Å²) in [5, 5.41) is 0. The van der Waals surface area contributed by atoms with Crippen LogP contribution < -0.4 is 4.57 Å². The molecule has 2 heterocycles. The number of pyridine rings is 1. The number of unbranched alkanes of at least 4 members (excludes halogenated alkanes) is 15. The summed E-state index contributed by atoms with van der Waals surface area (Å²) in [4.78, 5) is 26.4. The van der Waals surface area contributed by atoms with Crippen LogP contribution in [0.5, 0.6) is 0 Å². The number of aryl methyl sites for hydroxylation is 1. The number of aromatic nitrogens is 1. The van der Waals surface area contributed by atoms with E-state index in [9.17, 15) is 9.59 Å². The lowest BCUT2D eigenvalue weighted by molar-refractivity contribution is -0.701. The Morgan fingerprint density at radius 3 is 1.95 bits per heavy atom. The molecule has 1 fully saturated rings. The fraction of sp³-hybridized carbons (Fsp3) is 0.794. The van der Waals surface area contributed by atoms with E-state index >= 15 is 0 Å². The summed E-state index contributed by atoms with van der Waals surface area (Å²) in [5.74, 6) is -0.300. The Labute approximate surface area is 245 Å². The third kappa shape index (κ3) is 13.6. The summed E-state index contributed by atoms with van der Waals surface area (Å²) < 4.78 is 13.5. The molecule has 0 radical (unpaired) electrons. The zero-order chi connectivity index (χ0) is 28.9. The van der Waals surface area contributed by atoms with Gasteiger partial charge in [0.25, 0.3) is 0 Å². The predicted molar refractivity (Wildman–Crippen MR) is 162 cm³/mol. The summed E-state index contributed by atoms with van der Waals surface area (Å²) >= 11 is 0. The molecule has 2 amide bonds. The van der Waals surface area contributed by atoms with E-state index in [-0.39, 0.29) is 17.9 Å². The third-order valence-corrected chi connectivity index (χ3v) is 8.54. The van der Waals surface area contributed by atoms with Crippen LogP contribution in [0.25, 0.3) is 0 Å². The molecule has 228 valence electrons. The van der Waals surface area contributed by atoms with Gasteiger partial charge >= 0.3 is 6.09 Å². The van der Waals surface area contributed by atoms with Crippen molar-refractivity contribution in [2.24, 2.45) is 5.41 Å². The van der Waals surface area contributed by atoms with Gasteiger partial charge in [0.15, 0.2) is 6.20 Å². The zero-order valence-corrected chi connectivity index (χ0v) is 26.1. The van der Waals surface area contributed by atoms with Gasteiger partial charge in [-0.3, -0.25) is 4.79 Å². The summed E-state index contributed by atoms with van der Waals surface area (Å²) in [6.45, 7) is 8.40. The minimum Gasteiger partial charge on any atom is -0.448 e. The quantitative estimate of drug-likeness (QED) is 0.105. The Morgan fingerprint density at radius 2 is 1.45 bits per heavy atom. The maximum Gasteiger partial charge on any atom is 0.417 e. The molecule has 0 N–H and O–H groups in total. The van der Waals surface area contributed by atoms with Crippen LogP contribution in [-0.4, -0.2) is 36.7 Å². The van der Waals surface area contributed by atoms with E-state index in [2.05, 4.69) is 6.92 Å². The van der Waals surface area contributed by atoms with Crippen molar-refractivity contribution in [3.05, 3.63) is 30.1 Å². The van der Waals surface area contributed by atoms with Gasteiger partial charge in [-0.1, -0.05) is 116 Å². The molecule has 2 rings (SSSR count). The van der Waals surface area contributed by atoms with Crippen LogP contribution >= 0.6 is 0 Å². The first kappa shape index (κ1) is 34.3. The number of rotatable bonds is 22. The van der Waals surface area contributed by atoms with Gasteiger partial charge in [-0.05, 0) is 19.8 Å². The van der Waals surface area contributed by atoms with Crippen molar-refractivity contribution in [1.29, 1.82) is 0 Å². The molecular formula is C34H59N2O4+. The maximum absolute atomic E-state index is 12.9. The molecule has 6 nitrogen and oxygen atoms in total. The highest BCUT2D eigenvalue weighted by molar-refractivity contribution is 5.90. The molecular weight excluding hydrogens is 500 g/mol.